The van der Waals surface area contributed by atoms with Gasteiger partial charge in [0.05, 0.1) is 0 Å². The molecule has 1 aromatic rings. The van der Waals surface area contributed by atoms with E-state index in [-0.39, 0.29) is 11.5 Å². The minimum absolute atomic E-state index is 0.149. The molecule has 1 aromatic carbocycles. The Balaban J connectivity index is 0.000000288. The van der Waals surface area contributed by atoms with Crippen LogP contribution in [0.5, 0.6) is 11.5 Å². The molecule has 0 saturated carbocycles. The number of phenols is 2. The van der Waals surface area contributed by atoms with Crippen LogP contribution < -0.4 is 5.73 Å². The number of nitrogens with two attached hydrogens (primary N) is 1. The van der Waals surface area contributed by atoms with Gasteiger partial charge in [0.25, 0.3) is 0 Å². The van der Waals surface area contributed by atoms with Crippen molar-refractivity contribution in [3.63, 3.8) is 0 Å². The number of hydrogen-bond acceptors (Lipinski definition) is 4. The number of aliphatic carboxylic acids is 1. The molecule has 0 spiro atoms. The minimum Gasteiger partial charge on any atom is -0.504 e. The van der Waals surface area contributed by atoms with Crippen molar-refractivity contribution in [3.8, 4) is 11.5 Å². The topological polar surface area (TPSA) is 104 Å². The quantitative estimate of drug-likeness (QED) is 0.243. The van der Waals surface area contributed by atoms with Gasteiger partial charge < -0.3 is 21.1 Å². The Bertz CT molecular complexity index is 360. The molecule has 82 valence electrons. The van der Waals surface area contributed by atoms with Crippen molar-refractivity contribution < 1.29 is 20.1 Å². The van der Waals surface area contributed by atoms with Crippen molar-refractivity contribution in [2.24, 2.45) is 0 Å². The van der Waals surface area contributed by atoms with Crippen molar-refractivity contribution >= 4 is 11.7 Å². The van der Waals surface area contributed by atoms with E-state index in [1.165, 1.54) is 24.3 Å². The fraction of sp³-hybridized carbons (Fsp3) is 0.100. The van der Waals surface area contributed by atoms with E-state index >= 15 is 0 Å². The first-order valence-corrected chi connectivity index (χ1v) is 4.10. The lowest BCUT2D eigenvalue weighted by atomic mass is 10.3. The molecule has 0 radical (unpaired) electrons. The molecule has 0 unspecified atom stereocenters. The van der Waals surface area contributed by atoms with Crippen LogP contribution in [0.2, 0.25) is 0 Å². The number of carboxylic acids is 1. The van der Waals surface area contributed by atoms with E-state index in [0.29, 0.717) is 5.69 Å². The maximum Gasteiger partial charge on any atom is 0.327 e. The highest BCUT2D eigenvalue weighted by molar-refractivity contribution is 5.79. The standard InChI is InChI=1S/C6H7NO2.C4H6O2/c7-4-1-2-5(8)6(9)3-4;1-2-3-4(5)6/h1-3,8-9H,7H2;2-3H,1H3,(H,5,6)/b;3-2+. The highest BCUT2D eigenvalue weighted by Gasteiger charge is 1.95. The first-order chi connectivity index (χ1) is 6.97. The summed E-state index contributed by atoms with van der Waals surface area (Å²) in [7, 11) is 0. The summed E-state index contributed by atoms with van der Waals surface area (Å²) in [5.41, 5.74) is 5.69. The van der Waals surface area contributed by atoms with Gasteiger partial charge in [-0.1, -0.05) is 6.08 Å². The Morgan fingerprint density at radius 1 is 1.33 bits per heavy atom. The maximum atomic E-state index is 9.51. The zero-order valence-electron chi connectivity index (χ0n) is 8.21. The third-order valence-electron chi connectivity index (χ3n) is 1.31. The van der Waals surface area contributed by atoms with E-state index in [9.17, 15) is 4.79 Å². The number of rotatable bonds is 1. The van der Waals surface area contributed by atoms with Crippen LogP contribution in [0.25, 0.3) is 0 Å². The van der Waals surface area contributed by atoms with E-state index in [2.05, 4.69) is 0 Å². The van der Waals surface area contributed by atoms with Crippen LogP contribution in [-0.2, 0) is 4.79 Å². The number of aromatic hydroxyl groups is 2. The molecule has 5 nitrogen and oxygen atoms in total. The summed E-state index contributed by atoms with van der Waals surface area (Å²) in [5.74, 6) is -1.23. The minimum atomic E-state index is -0.891. The van der Waals surface area contributed by atoms with Gasteiger partial charge in [0.1, 0.15) is 0 Å². The molecule has 5 heteroatoms. The summed E-state index contributed by atoms with van der Waals surface area (Å²) < 4.78 is 0. The molecule has 0 aliphatic rings. The van der Waals surface area contributed by atoms with E-state index < -0.39 is 5.97 Å². The Labute approximate surface area is 87.1 Å². The second-order valence-electron chi connectivity index (χ2n) is 2.59. The molecule has 5 N–H and O–H groups in total. The van der Waals surface area contributed by atoms with Crippen LogP contribution in [0.1, 0.15) is 6.92 Å². The summed E-state index contributed by atoms with van der Waals surface area (Å²) in [5, 5.41) is 25.3. The Morgan fingerprint density at radius 3 is 2.20 bits per heavy atom. The number of nitrogen functional groups attached to an aromatic ring is 1. The predicted molar refractivity (Wildman–Crippen MR) is 56.6 cm³/mol. The third-order valence-corrected chi connectivity index (χ3v) is 1.31. The number of carbonyl (C=O) groups is 1. The van der Waals surface area contributed by atoms with Crippen molar-refractivity contribution in [3.05, 3.63) is 30.4 Å². The van der Waals surface area contributed by atoms with Crippen LogP contribution in [0.4, 0.5) is 5.69 Å². The van der Waals surface area contributed by atoms with Gasteiger partial charge in [-0.3, -0.25) is 0 Å². The van der Waals surface area contributed by atoms with Crippen molar-refractivity contribution in [1.82, 2.24) is 0 Å². The molecular weight excluding hydrogens is 198 g/mol. The molecule has 0 aliphatic heterocycles. The number of anilines is 1. The lowest BCUT2D eigenvalue weighted by molar-refractivity contribution is -0.131. The van der Waals surface area contributed by atoms with Gasteiger partial charge in [-0.25, -0.2) is 4.79 Å². The average molecular weight is 211 g/mol. The number of hydrogen-bond donors (Lipinski definition) is 4. The molecule has 0 bridgehead atoms. The number of phenolic OH excluding ortho intramolecular Hbond substituents is 2. The monoisotopic (exact) mass is 211 g/mol. The van der Waals surface area contributed by atoms with Gasteiger partial charge in [0.2, 0.25) is 0 Å². The van der Waals surface area contributed by atoms with Crippen LogP contribution in [0.15, 0.2) is 30.4 Å². The van der Waals surface area contributed by atoms with E-state index in [4.69, 9.17) is 21.1 Å². The van der Waals surface area contributed by atoms with Crippen molar-refractivity contribution in [2.45, 2.75) is 6.92 Å². The molecule has 0 saturated heterocycles. The van der Waals surface area contributed by atoms with Gasteiger partial charge in [0.15, 0.2) is 11.5 Å². The van der Waals surface area contributed by atoms with Crippen molar-refractivity contribution in [2.75, 3.05) is 5.73 Å². The molecule has 0 amide bonds. The first-order valence-electron chi connectivity index (χ1n) is 4.10. The molecule has 1 rings (SSSR count). The van der Waals surface area contributed by atoms with Crippen LogP contribution >= 0.6 is 0 Å². The second-order valence-corrected chi connectivity index (χ2v) is 2.59. The van der Waals surface area contributed by atoms with Gasteiger partial charge in [0, 0.05) is 17.8 Å². The lowest BCUT2D eigenvalue weighted by Gasteiger charge is -1.95. The molecule has 0 atom stereocenters. The molecule has 0 heterocycles. The van der Waals surface area contributed by atoms with E-state index in [1.54, 1.807) is 6.92 Å². The zero-order valence-corrected chi connectivity index (χ0v) is 8.21. The van der Waals surface area contributed by atoms with Gasteiger partial charge in [-0.15, -0.1) is 0 Å². The Morgan fingerprint density at radius 2 is 1.93 bits per heavy atom. The first kappa shape index (κ1) is 12.8. The summed E-state index contributed by atoms with van der Waals surface area (Å²) in [6.45, 7) is 1.66. The van der Waals surface area contributed by atoms with Crippen LogP contribution in [0.3, 0.4) is 0 Å². The third kappa shape index (κ3) is 5.98. The number of allylic oxidation sites excluding steroid dienone is 1. The number of carboxylic acid groups (broad SMARTS) is 1. The zero-order chi connectivity index (χ0) is 11.8. The number of benzene rings is 1. The normalized spacial score (nSPS) is 9.40. The molecule has 0 aromatic heterocycles. The Kier molecular flexibility index (Phi) is 5.40. The highest BCUT2D eigenvalue weighted by atomic mass is 16.4. The van der Waals surface area contributed by atoms with Crippen LogP contribution in [0, 0.1) is 0 Å². The predicted octanol–water partition coefficient (Wildman–Crippen LogP) is 1.33. The summed E-state index contributed by atoms with van der Waals surface area (Å²) >= 11 is 0. The average Bonchev–Trinajstić information content (AvgIpc) is 2.13. The highest BCUT2D eigenvalue weighted by Crippen LogP contribution is 2.25. The van der Waals surface area contributed by atoms with Crippen LogP contribution in [-0.4, -0.2) is 21.3 Å². The summed E-state index contributed by atoms with van der Waals surface area (Å²) in [6.07, 6.45) is 2.56. The molecule has 15 heavy (non-hydrogen) atoms. The summed E-state index contributed by atoms with van der Waals surface area (Å²) in [6, 6.07) is 4.13. The van der Waals surface area contributed by atoms with Gasteiger partial charge in [-0.2, -0.15) is 0 Å². The van der Waals surface area contributed by atoms with E-state index in [0.717, 1.165) is 6.08 Å². The summed E-state index contributed by atoms with van der Waals surface area (Å²) in [4.78, 5) is 9.51. The SMILES string of the molecule is C/C=C/C(=O)O.Nc1ccc(O)c(O)c1. The second kappa shape index (κ2) is 6.31. The molecule has 0 aliphatic carbocycles. The van der Waals surface area contributed by atoms with Gasteiger partial charge >= 0.3 is 5.97 Å². The Hall–Kier alpha value is -2.17. The van der Waals surface area contributed by atoms with Gasteiger partial charge in [-0.05, 0) is 19.1 Å². The van der Waals surface area contributed by atoms with E-state index in [1.807, 2.05) is 0 Å². The lowest BCUT2D eigenvalue weighted by Crippen LogP contribution is -1.83. The smallest absolute Gasteiger partial charge is 0.327 e. The fourth-order valence-electron chi connectivity index (χ4n) is 0.683. The maximum absolute atomic E-state index is 9.51. The largest absolute Gasteiger partial charge is 0.504 e. The molecular formula is C10H13NO4. The molecule has 0 fully saturated rings. The fourth-order valence-corrected chi connectivity index (χ4v) is 0.683. The van der Waals surface area contributed by atoms with Crippen molar-refractivity contribution in [1.29, 1.82) is 0 Å².